The van der Waals surface area contributed by atoms with Gasteiger partial charge >= 0.3 is 0 Å². The Hall–Kier alpha value is -0.610. The molecule has 2 heterocycles. The number of rotatable bonds is 2. The van der Waals surface area contributed by atoms with Crippen molar-refractivity contribution in [3.63, 3.8) is 0 Å². The second-order valence-electron chi connectivity index (χ2n) is 2.88. The van der Waals surface area contributed by atoms with Gasteiger partial charge in [0, 0.05) is 16.6 Å². The van der Waals surface area contributed by atoms with Crippen LogP contribution in [0.3, 0.4) is 0 Å². The summed E-state index contributed by atoms with van der Waals surface area (Å²) in [5, 5.41) is 2.48. The van der Waals surface area contributed by atoms with Crippen LogP contribution in [0.1, 0.15) is 16.5 Å². The van der Waals surface area contributed by atoms with Gasteiger partial charge in [0.2, 0.25) is 0 Å². The number of pyridine rings is 1. The maximum atomic E-state index is 6.05. The number of aromatic nitrogens is 1. The number of nitrogens with two attached hydrogens (primary N) is 1. The zero-order chi connectivity index (χ0) is 9.97. The molecule has 0 aliphatic carbocycles. The van der Waals surface area contributed by atoms with Crippen molar-refractivity contribution in [3.05, 3.63) is 51.4 Å². The molecule has 0 aromatic carbocycles. The molecule has 0 fully saturated rings. The molecule has 15 heavy (non-hydrogen) atoms. The van der Waals surface area contributed by atoms with E-state index in [9.17, 15) is 0 Å². The van der Waals surface area contributed by atoms with Gasteiger partial charge in [-0.25, -0.2) is 4.98 Å². The first kappa shape index (κ1) is 12.5. The Morgan fingerprint density at radius 3 is 2.73 bits per heavy atom. The summed E-state index contributed by atoms with van der Waals surface area (Å²) in [5.41, 5.74) is 6.92. The second kappa shape index (κ2) is 5.47. The van der Waals surface area contributed by atoms with Gasteiger partial charge in [-0.2, -0.15) is 0 Å². The Bertz CT molecular complexity index is 417. The molecule has 1 atom stereocenters. The van der Waals surface area contributed by atoms with Crippen LogP contribution in [-0.2, 0) is 0 Å². The minimum Gasteiger partial charge on any atom is -0.320 e. The van der Waals surface area contributed by atoms with Crippen molar-refractivity contribution in [1.29, 1.82) is 0 Å². The molecule has 2 nitrogen and oxygen atoms in total. The fourth-order valence-electron chi connectivity index (χ4n) is 1.25. The summed E-state index contributed by atoms with van der Waals surface area (Å²) in [7, 11) is 0. The minimum absolute atomic E-state index is 0. The van der Waals surface area contributed by atoms with Crippen LogP contribution in [0, 0.1) is 0 Å². The van der Waals surface area contributed by atoms with Crippen LogP contribution in [0.4, 0.5) is 0 Å². The van der Waals surface area contributed by atoms with Crippen molar-refractivity contribution in [3.8, 4) is 0 Å². The first-order valence-corrected chi connectivity index (χ1v) is 5.44. The number of thiophene rings is 1. The first-order chi connectivity index (χ1) is 6.79. The van der Waals surface area contributed by atoms with Gasteiger partial charge in [0.25, 0.3) is 0 Å². The highest BCUT2D eigenvalue weighted by Crippen LogP contribution is 2.27. The highest BCUT2D eigenvalue weighted by atomic mass is 35.5. The molecule has 2 aromatic heterocycles. The van der Waals surface area contributed by atoms with Crippen LogP contribution in [0.2, 0.25) is 5.15 Å². The van der Waals surface area contributed by atoms with Gasteiger partial charge in [-0.3, -0.25) is 0 Å². The lowest BCUT2D eigenvalue weighted by Crippen LogP contribution is -2.11. The molecule has 0 amide bonds. The van der Waals surface area contributed by atoms with E-state index in [1.807, 2.05) is 29.6 Å². The normalized spacial score (nSPS) is 11.9. The van der Waals surface area contributed by atoms with E-state index in [4.69, 9.17) is 17.3 Å². The van der Waals surface area contributed by atoms with E-state index in [-0.39, 0.29) is 18.4 Å². The number of hydrogen-bond donors (Lipinski definition) is 1. The van der Waals surface area contributed by atoms with E-state index < -0.39 is 0 Å². The van der Waals surface area contributed by atoms with Crippen molar-refractivity contribution in [1.82, 2.24) is 4.98 Å². The van der Waals surface area contributed by atoms with E-state index >= 15 is 0 Å². The predicted molar refractivity (Wildman–Crippen MR) is 66.8 cm³/mol. The molecule has 5 heteroatoms. The third-order valence-electron chi connectivity index (χ3n) is 1.97. The topological polar surface area (TPSA) is 38.9 Å². The standard InChI is InChI=1S/C10H9ClN2S.ClH/c11-10-7(3-1-5-13-10)9(12)8-4-2-6-14-8;/h1-6,9H,12H2;1H/t9-;/m0./s1. The van der Waals surface area contributed by atoms with Crippen molar-refractivity contribution in [2.45, 2.75) is 6.04 Å². The van der Waals surface area contributed by atoms with Crippen molar-refractivity contribution in [2.24, 2.45) is 5.73 Å². The highest BCUT2D eigenvalue weighted by molar-refractivity contribution is 7.10. The van der Waals surface area contributed by atoms with E-state index in [1.165, 1.54) is 0 Å². The van der Waals surface area contributed by atoms with Gasteiger partial charge in [-0.1, -0.05) is 23.7 Å². The fourth-order valence-corrected chi connectivity index (χ4v) is 2.23. The summed E-state index contributed by atoms with van der Waals surface area (Å²) >= 11 is 7.57. The summed E-state index contributed by atoms with van der Waals surface area (Å²) < 4.78 is 0. The molecule has 0 spiro atoms. The molecule has 0 unspecified atom stereocenters. The lowest BCUT2D eigenvalue weighted by molar-refractivity contribution is 0.884. The Labute approximate surface area is 104 Å². The molecule has 0 saturated heterocycles. The monoisotopic (exact) mass is 260 g/mol. The number of halogens is 2. The predicted octanol–water partition coefficient (Wildman–Crippen LogP) is 3.27. The van der Waals surface area contributed by atoms with Crippen LogP contribution in [0.15, 0.2) is 35.8 Å². The van der Waals surface area contributed by atoms with Crippen LogP contribution in [0.5, 0.6) is 0 Å². The zero-order valence-corrected chi connectivity index (χ0v) is 10.1. The van der Waals surface area contributed by atoms with Gasteiger partial charge in [-0.05, 0) is 17.5 Å². The SMILES string of the molecule is Cl.N[C@H](c1cccs1)c1cccnc1Cl. The summed E-state index contributed by atoms with van der Waals surface area (Å²) in [6.07, 6.45) is 1.66. The van der Waals surface area contributed by atoms with Gasteiger partial charge in [0.15, 0.2) is 0 Å². The highest BCUT2D eigenvalue weighted by Gasteiger charge is 2.13. The van der Waals surface area contributed by atoms with E-state index in [1.54, 1.807) is 17.5 Å². The Balaban J connectivity index is 0.00000112. The molecule has 2 rings (SSSR count). The molecule has 0 bridgehead atoms. The molecule has 80 valence electrons. The van der Waals surface area contributed by atoms with E-state index in [0.717, 1.165) is 10.4 Å². The van der Waals surface area contributed by atoms with Gasteiger partial charge < -0.3 is 5.73 Å². The Kier molecular flexibility index (Phi) is 4.54. The fraction of sp³-hybridized carbons (Fsp3) is 0.100. The molecule has 2 N–H and O–H groups in total. The van der Waals surface area contributed by atoms with E-state index in [2.05, 4.69) is 4.98 Å². The summed E-state index contributed by atoms with van der Waals surface area (Å²) in [5.74, 6) is 0. The van der Waals surface area contributed by atoms with Crippen LogP contribution in [0.25, 0.3) is 0 Å². The first-order valence-electron chi connectivity index (χ1n) is 4.18. The molecule has 0 radical (unpaired) electrons. The summed E-state index contributed by atoms with van der Waals surface area (Å²) in [6.45, 7) is 0. The quantitative estimate of drug-likeness (QED) is 0.842. The smallest absolute Gasteiger partial charge is 0.134 e. The molecule has 0 aliphatic rings. The van der Waals surface area contributed by atoms with Crippen LogP contribution in [-0.4, -0.2) is 4.98 Å². The lowest BCUT2D eigenvalue weighted by Gasteiger charge is -2.10. The maximum absolute atomic E-state index is 6.05. The number of nitrogens with zero attached hydrogens (tertiary/aromatic N) is 1. The zero-order valence-electron chi connectivity index (χ0n) is 7.76. The molecular formula is C10H10Cl2N2S. The molecule has 2 aromatic rings. The molecule has 0 saturated carbocycles. The Morgan fingerprint density at radius 1 is 1.33 bits per heavy atom. The van der Waals surface area contributed by atoms with Crippen LogP contribution >= 0.6 is 35.3 Å². The second-order valence-corrected chi connectivity index (χ2v) is 4.21. The summed E-state index contributed by atoms with van der Waals surface area (Å²) in [6, 6.07) is 7.55. The average molecular weight is 261 g/mol. The van der Waals surface area contributed by atoms with Gasteiger partial charge in [0.1, 0.15) is 5.15 Å². The maximum Gasteiger partial charge on any atom is 0.134 e. The number of hydrogen-bond acceptors (Lipinski definition) is 3. The largest absolute Gasteiger partial charge is 0.320 e. The summed E-state index contributed by atoms with van der Waals surface area (Å²) in [4.78, 5) is 5.10. The van der Waals surface area contributed by atoms with Gasteiger partial charge in [0.05, 0.1) is 6.04 Å². The minimum atomic E-state index is -0.170. The molecular weight excluding hydrogens is 251 g/mol. The third kappa shape index (κ3) is 2.69. The molecule has 0 aliphatic heterocycles. The van der Waals surface area contributed by atoms with Crippen molar-refractivity contribution >= 4 is 35.3 Å². The Morgan fingerprint density at radius 2 is 2.13 bits per heavy atom. The van der Waals surface area contributed by atoms with E-state index in [0.29, 0.717) is 5.15 Å². The van der Waals surface area contributed by atoms with Crippen molar-refractivity contribution < 1.29 is 0 Å². The van der Waals surface area contributed by atoms with Crippen molar-refractivity contribution in [2.75, 3.05) is 0 Å². The lowest BCUT2D eigenvalue weighted by atomic mass is 10.1. The third-order valence-corrected chi connectivity index (χ3v) is 3.24. The average Bonchev–Trinajstić information content (AvgIpc) is 2.70. The van der Waals surface area contributed by atoms with Gasteiger partial charge in [-0.15, -0.1) is 23.7 Å². The van der Waals surface area contributed by atoms with Crippen LogP contribution < -0.4 is 5.73 Å².